The van der Waals surface area contributed by atoms with Gasteiger partial charge in [0.2, 0.25) is 4.33 Å². The molecule has 18 heavy (non-hydrogen) atoms. The van der Waals surface area contributed by atoms with Crippen molar-refractivity contribution >= 4 is 46.2 Å². The van der Waals surface area contributed by atoms with Crippen molar-refractivity contribution in [3.8, 4) is 0 Å². The molecule has 0 aliphatic rings. The van der Waals surface area contributed by atoms with E-state index in [4.69, 9.17) is 40.5 Å². The van der Waals surface area contributed by atoms with E-state index >= 15 is 0 Å². The average molecular weight is 328 g/mol. The maximum Gasteiger partial charge on any atom is 0.282 e. The Kier molecular flexibility index (Phi) is 7.08. The number of hydrogen-bond donors (Lipinski definition) is 2. The van der Waals surface area contributed by atoms with Gasteiger partial charge in [-0.25, -0.2) is 4.99 Å². The molecule has 3 N–H and O–H groups in total. The number of hydrogen-bond acceptors (Lipinski definition) is 0. The van der Waals surface area contributed by atoms with Crippen molar-refractivity contribution in [3.05, 3.63) is 41.1 Å². The first-order valence-electron chi connectivity index (χ1n) is 5.02. The lowest BCUT2D eigenvalue weighted by Gasteiger charge is -2.07. The highest BCUT2D eigenvalue weighted by molar-refractivity contribution is 6.57. The molecular formula is C12H14Cl4N2. The van der Waals surface area contributed by atoms with Gasteiger partial charge in [0.05, 0.1) is 0 Å². The lowest BCUT2D eigenvalue weighted by molar-refractivity contribution is -0.385. The van der Waals surface area contributed by atoms with Crippen molar-refractivity contribution in [2.24, 2.45) is 5.73 Å². The van der Waals surface area contributed by atoms with Crippen LogP contribution in [-0.2, 0) is 0 Å². The first-order valence-corrected chi connectivity index (χ1v) is 6.15. The molecule has 0 aromatic heterocycles. The summed E-state index contributed by atoms with van der Waals surface area (Å²) in [6, 6.07) is 9.71. The zero-order chi connectivity index (χ0) is 13.1. The van der Waals surface area contributed by atoms with E-state index in [1.807, 2.05) is 37.3 Å². The third-order valence-electron chi connectivity index (χ3n) is 2.25. The molecule has 0 saturated heterocycles. The van der Waals surface area contributed by atoms with Gasteiger partial charge in [-0.1, -0.05) is 53.5 Å². The van der Waals surface area contributed by atoms with Gasteiger partial charge in [-0.3, -0.25) is 5.73 Å². The SMILES string of the molecule is C/C(=C(Cl)\[NH+]=C(\N)C(C)(Cl)Cl)c1ccccc1.[Cl-]. The molecule has 0 heterocycles. The number of rotatable bonds is 3. The molecule has 0 atom stereocenters. The lowest BCUT2D eigenvalue weighted by Crippen LogP contribution is -3.00. The molecule has 0 spiro atoms. The van der Waals surface area contributed by atoms with Crippen LogP contribution in [0, 0.1) is 0 Å². The third kappa shape index (κ3) is 5.07. The number of halogens is 4. The second-order valence-electron chi connectivity index (χ2n) is 3.73. The number of nitrogens with two attached hydrogens (primary N) is 1. The summed E-state index contributed by atoms with van der Waals surface area (Å²) in [6.45, 7) is 3.46. The molecule has 0 amide bonds. The number of allylic oxidation sites excluding steroid dienone is 1. The molecule has 0 unspecified atom stereocenters. The van der Waals surface area contributed by atoms with E-state index in [2.05, 4.69) is 4.99 Å². The molecular weight excluding hydrogens is 314 g/mol. The highest BCUT2D eigenvalue weighted by Crippen LogP contribution is 2.18. The van der Waals surface area contributed by atoms with E-state index in [9.17, 15) is 0 Å². The van der Waals surface area contributed by atoms with Gasteiger partial charge in [0, 0.05) is 5.57 Å². The Labute approximate surface area is 128 Å². The van der Waals surface area contributed by atoms with Crippen LogP contribution >= 0.6 is 34.8 Å². The monoisotopic (exact) mass is 326 g/mol. The molecule has 0 radical (unpaired) electrons. The molecule has 0 aliphatic heterocycles. The van der Waals surface area contributed by atoms with Crippen molar-refractivity contribution in [3.63, 3.8) is 0 Å². The Morgan fingerprint density at radius 1 is 1.22 bits per heavy atom. The fraction of sp³-hybridized carbons (Fsp3) is 0.250. The maximum absolute atomic E-state index is 6.12. The minimum absolute atomic E-state index is 0. The van der Waals surface area contributed by atoms with Crippen LogP contribution in [0.15, 0.2) is 35.5 Å². The average Bonchev–Trinajstić information content (AvgIpc) is 2.27. The quantitative estimate of drug-likeness (QED) is 0.326. The van der Waals surface area contributed by atoms with Gasteiger partial charge >= 0.3 is 0 Å². The Morgan fingerprint density at radius 3 is 2.17 bits per heavy atom. The second-order valence-corrected chi connectivity index (χ2v) is 5.82. The summed E-state index contributed by atoms with van der Waals surface area (Å²) in [6.07, 6.45) is 0. The minimum Gasteiger partial charge on any atom is -1.00 e. The summed E-state index contributed by atoms with van der Waals surface area (Å²) < 4.78 is -1.17. The van der Waals surface area contributed by atoms with Gasteiger partial charge in [-0.2, -0.15) is 0 Å². The normalized spacial score (nSPS) is 13.7. The van der Waals surface area contributed by atoms with Gasteiger partial charge < -0.3 is 12.4 Å². The van der Waals surface area contributed by atoms with Crippen molar-refractivity contribution in [2.45, 2.75) is 18.2 Å². The highest BCUT2D eigenvalue weighted by atomic mass is 35.5. The summed E-state index contributed by atoms with van der Waals surface area (Å²) in [5.41, 5.74) is 7.56. The standard InChI is InChI=1S/C12H13Cl3N2.ClH/c1-8(9-6-4-3-5-7-9)10(13)17-11(16)12(2,14)15;/h3-7H,1-2H3,(H2,16,17);1H/b10-8+;. The van der Waals surface area contributed by atoms with Crippen LogP contribution in [0.4, 0.5) is 0 Å². The topological polar surface area (TPSA) is 40.0 Å². The van der Waals surface area contributed by atoms with E-state index < -0.39 is 4.33 Å². The molecule has 0 aliphatic carbocycles. The molecule has 0 saturated carbocycles. The molecule has 2 nitrogen and oxygen atoms in total. The summed E-state index contributed by atoms with van der Waals surface area (Å²) in [5, 5.41) is 0.404. The van der Waals surface area contributed by atoms with Gasteiger partial charge in [0.25, 0.3) is 5.84 Å². The highest BCUT2D eigenvalue weighted by Gasteiger charge is 2.27. The number of benzene rings is 1. The number of amidine groups is 1. The molecule has 1 aromatic rings. The van der Waals surface area contributed by atoms with Crippen LogP contribution in [-0.4, -0.2) is 10.2 Å². The van der Waals surface area contributed by atoms with Crippen LogP contribution < -0.4 is 23.1 Å². The fourth-order valence-corrected chi connectivity index (χ4v) is 1.44. The Balaban J connectivity index is 0.00000289. The van der Waals surface area contributed by atoms with Gasteiger partial charge in [-0.15, -0.1) is 0 Å². The fourth-order valence-electron chi connectivity index (χ4n) is 1.14. The van der Waals surface area contributed by atoms with E-state index in [1.54, 1.807) is 6.92 Å². The predicted molar refractivity (Wildman–Crippen MR) is 75.2 cm³/mol. The summed E-state index contributed by atoms with van der Waals surface area (Å²) in [4.78, 5) is 2.79. The molecule has 1 rings (SSSR count). The smallest absolute Gasteiger partial charge is 0.282 e. The van der Waals surface area contributed by atoms with Gasteiger partial charge in [0.1, 0.15) is 0 Å². The second kappa shape index (κ2) is 7.25. The van der Waals surface area contributed by atoms with Crippen LogP contribution in [0.2, 0.25) is 0 Å². The summed E-state index contributed by atoms with van der Waals surface area (Å²) in [7, 11) is 0. The van der Waals surface area contributed by atoms with E-state index in [0.29, 0.717) is 5.16 Å². The minimum atomic E-state index is -1.17. The van der Waals surface area contributed by atoms with Gasteiger partial charge in [0.15, 0.2) is 5.16 Å². The summed E-state index contributed by atoms with van der Waals surface area (Å²) >= 11 is 17.8. The Morgan fingerprint density at radius 2 is 1.72 bits per heavy atom. The Hall–Kier alpha value is -0.410. The molecule has 100 valence electrons. The first kappa shape index (κ1) is 17.6. The van der Waals surface area contributed by atoms with Crippen LogP contribution in [0.3, 0.4) is 0 Å². The van der Waals surface area contributed by atoms with Crippen LogP contribution in [0.25, 0.3) is 5.57 Å². The predicted octanol–water partition coefficient (Wildman–Crippen LogP) is -0.750. The summed E-state index contributed by atoms with van der Waals surface area (Å²) in [5.74, 6) is 0.195. The van der Waals surface area contributed by atoms with Crippen molar-refractivity contribution in [1.82, 2.24) is 0 Å². The van der Waals surface area contributed by atoms with Crippen molar-refractivity contribution in [2.75, 3.05) is 0 Å². The van der Waals surface area contributed by atoms with Gasteiger partial charge in [-0.05, 0) is 31.0 Å². The number of nitrogens with one attached hydrogen (secondary N) is 1. The lowest BCUT2D eigenvalue weighted by atomic mass is 10.1. The van der Waals surface area contributed by atoms with Crippen LogP contribution in [0.1, 0.15) is 19.4 Å². The van der Waals surface area contributed by atoms with Crippen molar-refractivity contribution in [1.29, 1.82) is 0 Å². The van der Waals surface area contributed by atoms with E-state index in [1.165, 1.54) is 0 Å². The molecule has 1 aromatic carbocycles. The van der Waals surface area contributed by atoms with Crippen molar-refractivity contribution < 1.29 is 17.4 Å². The largest absolute Gasteiger partial charge is 1.00 e. The third-order valence-corrected chi connectivity index (χ3v) is 3.04. The Bertz CT molecular complexity index is 447. The first-order chi connectivity index (χ1) is 7.82. The van der Waals surface area contributed by atoms with E-state index in [0.717, 1.165) is 11.1 Å². The molecule has 6 heteroatoms. The maximum atomic E-state index is 6.12. The van der Waals surface area contributed by atoms with Crippen LogP contribution in [0.5, 0.6) is 0 Å². The number of alkyl halides is 2. The zero-order valence-electron chi connectivity index (χ0n) is 9.98. The zero-order valence-corrected chi connectivity index (χ0v) is 13.0. The molecule has 0 bridgehead atoms. The molecule has 0 fully saturated rings. The van der Waals surface area contributed by atoms with E-state index in [-0.39, 0.29) is 18.2 Å².